The quantitative estimate of drug-likeness (QED) is 0.554. The molecule has 2 aliphatic rings. The molecule has 0 bridgehead atoms. The van der Waals surface area contributed by atoms with Crippen molar-refractivity contribution in [2.24, 2.45) is 0 Å². The van der Waals surface area contributed by atoms with Crippen LogP contribution in [-0.4, -0.2) is 30.2 Å². The minimum absolute atomic E-state index is 0.0642. The number of carbonyl (C=O) groups excluding carboxylic acids is 2. The van der Waals surface area contributed by atoms with Gasteiger partial charge in [0.15, 0.2) is 5.78 Å². The maximum atomic E-state index is 11.6. The van der Waals surface area contributed by atoms with Crippen LogP contribution in [0.5, 0.6) is 0 Å². The maximum absolute atomic E-state index is 11.6. The molecule has 0 atom stereocenters. The zero-order valence-electron chi connectivity index (χ0n) is 7.80. The van der Waals surface area contributed by atoms with E-state index in [-0.39, 0.29) is 11.7 Å². The summed E-state index contributed by atoms with van der Waals surface area (Å²) < 4.78 is 0. The van der Waals surface area contributed by atoms with E-state index in [0.29, 0.717) is 13.0 Å². The number of Topliss-reactive ketones (excluding diaryl/α,β-unsaturated/α-hetero) is 1. The fraction of sp³-hybridized carbons (Fsp3) is 0.600. The van der Waals surface area contributed by atoms with Crippen LogP contribution in [0.25, 0.3) is 0 Å². The highest BCUT2D eigenvalue weighted by Crippen LogP contribution is 2.28. The molecule has 0 unspecified atom stereocenters. The summed E-state index contributed by atoms with van der Waals surface area (Å²) >= 11 is 0. The van der Waals surface area contributed by atoms with E-state index in [1.165, 1.54) is 0 Å². The normalized spacial score (nSPS) is 23.6. The Morgan fingerprint density at radius 3 is 2.62 bits per heavy atom. The van der Waals surface area contributed by atoms with Crippen molar-refractivity contribution in [1.29, 1.82) is 0 Å². The Kier molecular flexibility index (Phi) is 1.94. The smallest absolute Gasteiger partial charge is 0.249 e. The molecular weight excluding hydrogens is 166 g/mol. The molecule has 2 rings (SSSR count). The summed E-state index contributed by atoms with van der Waals surface area (Å²) in [5, 5.41) is 0. The first-order valence-corrected chi connectivity index (χ1v) is 4.71. The fourth-order valence-electron chi connectivity index (χ4n) is 2.03. The molecular formula is C10H13NO2. The molecule has 0 aromatic rings. The zero-order chi connectivity index (χ0) is 9.42. The van der Waals surface area contributed by atoms with Crippen molar-refractivity contribution >= 4 is 11.7 Å². The van der Waals surface area contributed by atoms with Gasteiger partial charge in [-0.05, 0) is 19.3 Å². The average molecular weight is 179 g/mol. The third-order valence-electron chi connectivity index (χ3n) is 2.83. The number of rotatable bonds is 0. The molecule has 1 heterocycles. The first-order chi connectivity index (χ1) is 6.20. The standard InChI is InChI=1S/C10H13NO2/c1-11-6-5-7-8(10(11)13)3-2-4-9(7)12/h2-6H2,1H3. The van der Waals surface area contributed by atoms with Crippen molar-refractivity contribution in [3.8, 4) is 0 Å². The Hall–Kier alpha value is -1.12. The summed E-state index contributed by atoms with van der Waals surface area (Å²) in [7, 11) is 1.80. The Morgan fingerprint density at radius 2 is 1.85 bits per heavy atom. The summed E-state index contributed by atoms with van der Waals surface area (Å²) in [6, 6.07) is 0. The summed E-state index contributed by atoms with van der Waals surface area (Å²) in [6.45, 7) is 0.698. The molecule has 0 fully saturated rings. The lowest BCUT2D eigenvalue weighted by Gasteiger charge is -2.29. The Labute approximate surface area is 77.4 Å². The van der Waals surface area contributed by atoms with Gasteiger partial charge in [-0.15, -0.1) is 0 Å². The molecule has 0 saturated carbocycles. The third kappa shape index (κ3) is 1.28. The molecule has 70 valence electrons. The number of ketones is 1. The summed E-state index contributed by atoms with van der Waals surface area (Å²) in [6.07, 6.45) is 3.04. The number of likely N-dealkylation sites (N-methyl/N-ethyl adjacent to an activating group) is 1. The van der Waals surface area contributed by atoms with Gasteiger partial charge in [0.1, 0.15) is 0 Å². The van der Waals surface area contributed by atoms with Gasteiger partial charge in [0, 0.05) is 31.2 Å². The third-order valence-corrected chi connectivity index (χ3v) is 2.83. The molecule has 0 saturated heterocycles. The number of hydrogen-bond acceptors (Lipinski definition) is 2. The monoisotopic (exact) mass is 179 g/mol. The van der Waals surface area contributed by atoms with Crippen LogP contribution in [0.4, 0.5) is 0 Å². The van der Waals surface area contributed by atoms with E-state index < -0.39 is 0 Å². The SMILES string of the molecule is CN1CCC2=C(CCCC2=O)C1=O. The number of hydrogen-bond donors (Lipinski definition) is 0. The first kappa shape index (κ1) is 8.48. The van der Waals surface area contributed by atoms with E-state index in [4.69, 9.17) is 0 Å². The van der Waals surface area contributed by atoms with Crippen molar-refractivity contribution in [2.45, 2.75) is 25.7 Å². The van der Waals surface area contributed by atoms with Crippen molar-refractivity contribution < 1.29 is 9.59 Å². The van der Waals surface area contributed by atoms with Gasteiger partial charge in [0.25, 0.3) is 0 Å². The molecule has 13 heavy (non-hydrogen) atoms. The molecule has 3 nitrogen and oxygen atoms in total. The van der Waals surface area contributed by atoms with Gasteiger partial charge >= 0.3 is 0 Å². The van der Waals surface area contributed by atoms with Gasteiger partial charge in [0.2, 0.25) is 5.91 Å². The molecule has 3 heteroatoms. The highest BCUT2D eigenvalue weighted by Gasteiger charge is 2.30. The number of amides is 1. The minimum Gasteiger partial charge on any atom is -0.342 e. The second-order valence-electron chi connectivity index (χ2n) is 3.71. The highest BCUT2D eigenvalue weighted by molar-refractivity contribution is 6.07. The van der Waals surface area contributed by atoms with Gasteiger partial charge < -0.3 is 4.90 Å². The van der Waals surface area contributed by atoms with Crippen molar-refractivity contribution in [1.82, 2.24) is 4.90 Å². The van der Waals surface area contributed by atoms with E-state index in [2.05, 4.69) is 0 Å². The van der Waals surface area contributed by atoms with Gasteiger partial charge in [-0.3, -0.25) is 9.59 Å². The topological polar surface area (TPSA) is 37.4 Å². The average Bonchev–Trinajstić information content (AvgIpc) is 2.12. The molecule has 1 aliphatic heterocycles. The van der Waals surface area contributed by atoms with Crippen LogP contribution in [0, 0.1) is 0 Å². The van der Waals surface area contributed by atoms with Crippen LogP contribution in [0.1, 0.15) is 25.7 Å². The van der Waals surface area contributed by atoms with E-state index >= 15 is 0 Å². The maximum Gasteiger partial charge on any atom is 0.249 e. The fourth-order valence-corrected chi connectivity index (χ4v) is 2.03. The number of carbonyl (C=O) groups is 2. The molecule has 1 amide bonds. The lowest BCUT2D eigenvalue weighted by Crippen LogP contribution is -2.36. The highest BCUT2D eigenvalue weighted by atomic mass is 16.2. The van der Waals surface area contributed by atoms with Gasteiger partial charge in [-0.25, -0.2) is 0 Å². The molecule has 1 aliphatic carbocycles. The van der Waals surface area contributed by atoms with Crippen LogP contribution in [0.3, 0.4) is 0 Å². The van der Waals surface area contributed by atoms with Crippen LogP contribution >= 0.6 is 0 Å². The summed E-state index contributed by atoms with van der Waals surface area (Å²) in [5.74, 6) is 0.261. The molecule has 0 N–H and O–H groups in total. The van der Waals surface area contributed by atoms with Crippen LogP contribution in [-0.2, 0) is 9.59 Å². The Morgan fingerprint density at radius 1 is 1.08 bits per heavy atom. The second-order valence-corrected chi connectivity index (χ2v) is 3.71. The van der Waals surface area contributed by atoms with E-state index in [9.17, 15) is 9.59 Å². The molecule has 0 radical (unpaired) electrons. The summed E-state index contributed by atoms with van der Waals surface area (Å²) in [4.78, 5) is 24.8. The van der Waals surface area contributed by atoms with Crippen molar-refractivity contribution in [2.75, 3.05) is 13.6 Å². The van der Waals surface area contributed by atoms with E-state index in [0.717, 1.165) is 30.4 Å². The van der Waals surface area contributed by atoms with Gasteiger partial charge in [0.05, 0.1) is 0 Å². The summed E-state index contributed by atoms with van der Waals surface area (Å²) in [5.41, 5.74) is 1.60. The van der Waals surface area contributed by atoms with Crippen LogP contribution < -0.4 is 0 Å². The second kappa shape index (κ2) is 2.98. The van der Waals surface area contributed by atoms with Crippen molar-refractivity contribution in [3.05, 3.63) is 11.1 Å². The molecule has 0 aromatic carbocycles. The molecule has 0 spiro atoms. The minimum atomic E-state index is 0.0642. The van der Waals surface area contributed by atoms with Crippen molar-refractivity contribution in [3.63, 3.8) is 0 Å². The zero-order valence-corrected chi connectivity index (χ0v) is 7.80. The van der Waals surface area contributed by atoms with E-state index in [1.807, 2.05) is 0 Å². The molecule has 0 aromatic heterocycles. The van der Waals surface area contributed by atoms with Crippen LogP contribution in [0.2, 0.25) is 0 Å². The first-order valence-electron chi connectivity index (χ1n) is 4.71. The van der Waals surface area contributed by atoms with Gasteiger partial charge in [-0.2, -0.15) is 0 Å². The number of nitrogens with zero attached hydrogens (tertiary/aromatic N) is 1. The van der Waals surface area contributed by atoms with E-state index in [1.54, 1.807) is 11.9 Å². The lowest BCUT2D eigenvalue weighted by molar-refractivity contribution is -0.128. The largest absolute Gasteiger partial charge is 0.342 e. The van der Waals surface area contributed by atoms with Gasteiger partial charge in [-0.1, -0.05) is 0 Å². The lowest BCUT2D eigenvalue weighted by atomic mass is 9.86. The predicted molar refractivity (Wildman–Crippen MR) is 48.1 cm³/mol. The Balaban J connectivity index is 2.38. The Bertz CT molecular complexity index is 304. The predicted octanol–water partition coefficient (Wildman–Crippen LogP) is 0.898. The van der Waals surface area contributed by atoms with Crippen LogP contribution in [0.15, 0.2) is 11.1 Å².